The van der Waals surface area contributed by atoms with Crippen molar-refractivity contribution in [1.82, 2.24) is 10.2 Å². The van der Waals surface area contributed by atoms with E-state index in [1.165, 1.54) is 12.1 Å². The number of hydrogen-bond donors (Lipinski definition) is 3. The molecule has 1 aromatic rings. The van der Waals surface area contributed by atoms with Gasteiger partial charge < -0.3 is 15.9 Å². The Hall–Kier alpha value is -0.720. The van der Waals surface area contributed by atoms with E-state index in [0.717, 1.165) is 0 Å². The second kappa shape index (κ2) is 4.50. The van der Waals surface area contributed by atoms with E-state index in [2.05, 4.69) is 26.1 Å². The molecule has 0 fully saturated rings. The van der Waals surface area contributed by atoms with Crippen LogP contribution in [0, 0.1) is 0 Å². The van der Waals surface area contributed by atoms with E-state index in [0.29, 0.717) is 5.69 Å². The number of hydrogen-bond acceptors (Lipinski definition) is 5. The van der Waals surface area contributed by atoms with Gasteiger partial charge in [-0.2, -0.15) is 5.10 Å². The molecule has 0 saturated carbocycles. The minimum absolute atomic E-state index is 0.278. The molecule has 2 unspecified atom stereocenters. The molecule has 1 aromatic heterocycles. The van der Waals surface area contributed by atoms with E-state index in [1.807, 2.05) is 0 Å². The molecule has 0 spiro atoms. The van der Waals surface area contributed by atoms with E-state index in [4.69, 9.17) is 5.73 Å². The number of anilines is 1. The molecule has 5 nitrogen and oxygen atoms in total. The summed E-state index contributed by atoms with van der Waals surface area (Å²) >= 11 is 3.04. The van der Waals surface area contributed by atoms with Crippen LogP contribution in [0.15, 0.2) is 12.1 Å². The minimum atomic E-state index is -1.03. The highest BCUT2D eigenvalue weighted by molar-refractivity contribution is 9.09. The van der Waals surface area contributed by atoms with Gasteiger partial charge in [0.1, 0.15) is 11.9 Å². The quantitative estimate of drug-likeness (QED) is 0.647. The van der Waals surface area contributed by atoms with E-state index < -0.39 is 12.2 Å². The number of aromatic nitrogens is 2. The van der Waals surface area contributed by atoms with Gasteiger partial charge in [-0.1, -0.05) is 15.9 Å². The third kappa shape index (κ3) is 2.61. The van der Waals surface area contributed by atoms with Crippen molar-refractivity contribution < 1.29 is 10.2 Å². The Labute approximate surface area is 83.7 Å². The van der Waals surface area contributed by atoms with E-state index in [1.54, 1.807) is 0 Å². The maximum absolute atomic E-state index is 9.46. The van der Waals surface area contributed by atoms with E-state index >= 15 is 0 Å². The Morgan fingerprint density at radius 1 is 1.38 bits per heavy atom. The second-order valence-electron chi connectivity index (χ2n) is 2.55. The summed E-state index contributed by atoms with van der Waals surface area (Å²) in [5.74, 6) is 0.282. The normalized spacial score (nSPS) is 15.3. The summed E-state index contributed by atoms with van der Waals surface area (Å²) < 4.78 is 0. The minimum Gasteiger partial charge on any atom is -0.389 e. The summed E-state index contributed by atoms with van der Waals surface area (Å²) in [6.45, 7) is 0. The van der Waals surface area contributed by atoms with Crippen molar-refractivity contribution in [2.45, 2.75) is 12.2 Å². The highest BCUT2D eigenvalue weighted by Gasteiger charge is 2.18. The second-order valence-corrected chi connectivity index (χ2v) is 3.20. The number of nitrogens with zero attached hydrogens (tertiary/aromatic N) is 2. The first-order chi connectivity index (χ1) is 6.15. The average Bonchev–Trinajstić information content (AvgIpc) is 2.17. The van der Waals surface area contributed by atoms with Crippen LogP contribution in [-0.4, -0.2) is 31.8 Å². The van der Waals surface area contributed by atoms with Crippen LogP contribution in [0.4, 0.5) is 5.82 Å². The predicted octanol–water partition coefficient (Wildman–Crippen LogP) is -0.152. The van der Waals surface area contributed by atoms with Crippen molar-refractivity contribution >= 4 is 21.7 Å². The van der Waals surface area contributed by atoms with Crippen LogP contribution in [0.3, 0.4) is 0 Å². The molecule has 1 rings (SSSR count). The van der Waals surface area contributed by atoms with Gasteiger partial charge in [0.2, 0.25) is 0 Å². The van der Waals surface area contributed by atoms with Gasteiger partial charge in [0.05, 0.1) is 11.8 Å². The molecule has 0 aliphatic carbocycles. The molecule has 0 aliphatic heterocycles. The predicted molar refractivity (Wildman–Crippen MR) is 51.2 cm³/mol. The first-order valence-electron chi connectivity index (χ1n) is 3.66. The maximum atomic E-state index is 9.46. The summed E-state index contributed by atoms with van der Waals surface area (Å²) in [6, 6.07) is 3.05. The number of aliphatic hydroxyl groups is 2. The number of rotatable bonds is 3. The highest BCUT2D eigenvalue weighted by Crippen LogP contribution is 2.15. The van der Waals surface area contributed by atoms with E-state index in [9.17, 15) is 10.2 Å². The Kier molecular flexibility index (Phi) is 3.58. The van der Waals surface area contributed by atoms with Gasteiger partial charge in [-0.3, -0.25) is 0 Å². The van der Waals surface area contributed by atoms with Gasteiger partial charge in [-0.15, -0.1) is 5.10 Å². The van der Waals surface area contributed by atoms with E-state index in [-0.39, 0.29) is 11.1 Å². The summed E-state index contributed by atoms with van der Waals surface area (Å²) in [6.07, 6.45) is -1.93. The first kappa shape index (κ1) is 10.4. The largest absolute Gasteiger partial charge is 0.389 e. The van der Waals surface area contributed by atoms with Crippen molar-refractivity contribution in [2.24, 2.45) is 0 Å². The first-order valence-corrected chi connectivity index (χ1v) is 4.78. The lowest BCUT2D eigenvalue weighted by atomic mass is 10.1. The molecule has 0 radical (unpaired) electrons. The SMILES string of the molecule is Nc1ccc(C(O)C(O)CBr)nn1. The molecule has 0 aliphatic rings. The summed E-state index contributed by atoms with van der Waals surface area (Å²) in [5.41, 5.74) is 5.62. The fourth-order valence-electron chi connectivity index (χ4n) is 0.792. The summed E-state index contributed by atoms with van der Waals surface area (Å²) in [4.78, 5) is 0. The fraction of sp³-hybridized carbons (Fsp3) is 0.429. The van der Waals surface area contributed by atoms with Gasteiger partial charge in [-0.05, 0) is 12.1 Å². The zero-order valence-corrected chi connectivity index (χ0v) is 8.35. The number of halogens is 1. The van der Waals surface area contributed by atoms with Gasteiger partial charge in [0.15, 0.2) is 0 Å². The van der Waals surface area contributed by atoms with Crippen molar-refractivity contribution in [3.05, 3.63) is 17.8 Å². The molecule has 0 aromatic carbocycles. The molecule has 6 heteroatoms. The number of nitrogen functional groups attached to an aromatic ring is 1. The van der Waals surface area contributed by atoms with Crippen LogP contribution in [0.2, 0.25) is 0 Å². The molecule has 2 atom stereocenters. The molecule has 13 heavy (non-hydrogen) atoms. The lowest BCUT2D eigenvalue weighted by Gasteiger charge is -2.13. The van der Waals surface area contributed by atoms with Crippen LogP contribution >= 0.6 is 15.9 Å². The summed E-state index contributed by atoms with van der Waals surface area (Å²) in [7, 11) is 0. The van der Waals surface area contributed by atoms with Crippen LogP contribution in [0.1, 0.15) is 11.8 Å². The maximum Gasteiger partial charge on any atom is 0.146 e. The molecule has 4 N–H and O–H groups in total. The molecular formula is C7H10BrN3O2. The van der Waals surface area contributed by atoms with Crippen LogP contribution in [-0.2, 0) is 0 Å². The third-order valence-corrected chi connectivity index (χ3v) is 2.19. The zero-order valence-electron chi connectivity index (χ0n) is 6.76. The smallest absolute Gasteiger partial charge is 0.146 e. The molecule has 1 heterocycles. The van der Waals surface area contributed by atoms with Crippen molar-refractivity contribution in [3.8, 4) is 0 Å². The average molecular weight is 248 g/mol. The lowest BCUT2D eigenvalue weighted by molar-refractivity contribution is 0.0310. The standard InChI is InChI=1S/C7H10BrN3O2/c8-3-5(12)7(13)4-1-2-6(9)11-10-4/h1-2,5,7,12-13H,3H2,(H2,9,11). The zero-order chi connectivity index (χ0) is 9.84. The fourth-order valence-corrected chi connectivity index (χ4v) is 1.15. The molecular weight excluding hydrogens is 238 g/mol. The van der Waals surface area contributed by atoms with Gasteiger partial charge in [0, 0.05) is 5.33 Å². The monoisotopic (exact) mass is 247 g/mol. The number of nitrogens with two attached hydrogens (primary N) is 1. The van der Waals surface area contributed by atoms with Crippen molar-refractivity contribution in [2.75, 3.05) is 11.1 Å². The Morgan fingerprint density at radius 3 is 2.54 bits per heavy atom. The van der Waals surface area contributed by atoms with Crippen LogP contribution in [0.25, 0.3) is 0 Å². The lowest BCUT2D eigenvalue weighted by Crippen LogP contribution is -2.20. The molecule has 72 valence electrons. The highest BCUT2D eigenvalue weighted by atomic mass is 79.9. The molecule has 0 amide bonds. The van der Waals surface area contributed by atoms with Gasteiger partial charge in [-0.25, -0.2) is 0 Å². The Bertz CT molecular complexity index is 267. The topological polar surface area (TPSA) is 92.3 Å². The van der Waals surface area contributed by atoms with Crippen LogP contribution in [0.5, 0.6) is 0 Å². The van der Waals surface area contributed by atoms with Gasteiger partial charge >= 0.3 is 0 Å². The van der Waals surface area contributed by atoms with Crippen molar-refractivity contribution in [1.29, 1.82) is 0 Å². The van der Waals surface area contributed by atoms with Gasteiger partial charge in [0.25, 0.3) is 0 Å². The van der Waals surface area contributed by atoms with Crippen LogP contribution < -0.4 is 5.73 Å². The summed E-state index contributed by atoms with van der Waals surface area (Å²) in [5, 5.41) is 26.2. The third-order valence-electron chi connectivity index (χ3n) is 1.53. The Morgan fingerprint density at radius 2 is 2.08 bits per heavy atom. The van der Waals surface area contributed by atoms with Crippen molar-refractivity contribution in [3.63, 3.8) is 0 Å². The Balaban J connectivity index is 2.77. The molecule has 0 saturated heterocycles. The molecule has 0 bridgehead atoms. The number of aliphatic hydroxyl groups excluding tert-OH is 2. The number of alkyl halides is 1.